The molecule has 4 N–H and O–H groups in total. The maximum atomic E-state index is 12.1. The molecule has 0 aliphatic carbocycles. The van der Waals surface area contributed by atoms with Crippen LogP contribution in [0.25, 0.3) is 10.9 Å². The van der Waals surface area contributed by atoms with Crippen LogP contribution in [0.15, 0.2) is 59.3 Å². The third-order valence-electron chi connectivity index (χ3n) is 4.87. The summed E-state index contributed by atoms with van der Waals surface area (Å²) in [4.78, 5) is 39.3. The molecule has 9 nitrogen and oxygen atoms in total. The normalized spacial score (nSPS) is 11.3. The van der Waals surface area contributed by atoms with Crippen LogP contribution in [0.3, 0.4) is 0 Å². The van der Waals surface area contributed by atoms with Gasteiger partial charge in [0, 0.05) is 23.9 Å². The van der Waals surface area contributed by atoms with E-state index in [1.54, 1.807) is 12.1 Å². The van der Waals surface area contributed by atoms with Crippen LogP contribution in [-0.4, -0.2) is 34.5 Å². The number of pyridine rings is 1. The van der Waals surface area contributed by atoms with Gasteiger partial charge in [-0.2, -0.15) is 0 Å². The molecule has 2 aromatic heterocycles. The average Bonchev–Trinajstić information content (AvgIpc) is 3.34. The molecule has 1 unspecified atom stereocenters. The summed E-state index contributed by atoms with van der Waals surface area (Å²) < 4.78 is 5.08. The summed E-state index contributed by atoms with van der Waals surface area (Å²) in [6.45, 7) is 5.96. The Morgan fingerprint density at radius 3 is 2.50 bits per heavy atom. The molecule has 182 valence electrons. The molecule has 0 saturated carbocycles. The summed E-state index contributed by atoms with van der Waals surface area (Å²) >= 11 is 0. The van der Waals surface area contributed by atoms with Gasteiger partial charge in [0.1, 0.15) is 5.76 Å². The predicted molar refractivity (Wildman–Crippen MR) is 128 cm³/mol. The van der Waals surface area contributed by atoms with Gasteiger partial charge >= 0.3 is 0 Å². The molecule has 3 aromatic rings. The summed E-state index contributed by atoms with van der Waals surface area (Å²) in [6, 6.07) is 13.7. The first-order chi connectivity index (χ1) is 16.3. The van der Waals surface area contributed by atoms with E-state index in [4.69, 9.17) is 9.62 Å². The Morgan fingerprint density at radius 2 is 1.82 bits per heavy atom. The number of carbonyl (C=O) groups excluding carboxylic acids is 3. The number of aromatic nitrogens is 1. The lowest BCUT2D eigenvalue weighted by Gasteiger charge is -2.17. The molecule has 0 aliphatic rings. The van der Waals surface area contributed by atoms with Gasteiger partial charge in [0.15, 0.2) is 0 Å². The van der Waals surface area contributed by atoms with Crippen LogP contribution in [0.1, 0.15) is 38.0 Å². The van der Waals surface area contributed by atoms with Crippen molar-refractivity contribution in [2.75, 3.05) is 6.54 Å². The summed E-state index contributed by atoms with van der Waals surface area (Å²) in [7, 11) is 0. The molecule has 34 heavy (non-hydrogen) atoms. The second-order valence-corrected chi connectivity index (χ2v) is 8.34. The van der Waals surface area contributed by atoms with Crippen molar-refractivity contribution in [3.8, 4) is 0 Å². The minimum atomic E-state index is -0.631. The highest BCUT2D eigenvalue weighted by atomic mass is 16.5. The van der Waals surface area contributed by atoms with Crippen molar-refractivity contribution in [3.05, 3.63) is 66.2 Å². The first-order valence-electron chi connectivity index (χ1n) is 11.1. The summed E-state index contributed by atoms with van der Waals surface area (Å²) in [6.07, 6.45) is 3.75. The Morgan fingerprint density at radius 1 is 1.06 bits per heavy atom. The van der Waals surface area contributed by atoms with Crippen molar-refractivity contribution in [2.24, 2.45) is 11.8 Å². The molecular weight excluding hydrogens is 436 g/mol. The smallest absolute Gasteiger partial charge is 0.244 e. The number of amides is 3. The van der Waals surface area contributed by atoms with Crippen LogP contribution in [0.5, 0.6) is 0 Å². The van der Waals surface area contributed by atoms with Crippen LogP contribution < -0.4 is 16.1 Å². The van der Waals surface area contributed by atoms with Crippen molar-refractivity contribution in [2.45, 2.75) is 40.2 Å². The van der Waals surface area contributed by atoms with Crippen molar-refractivity contribution < 1.29 is 24.0 Å². The van der Waals surface area contributed by atoms with E-state index in [-0.39, 0.29) is 31.3 Å². The van der Waals surface area contributed by atoms with Gasteiger partial charge < -0.3 is 15.1 Å². The Hall–Kier alpha value is -3.72. The number of hydrogen-bond acceptors (Lipinski definition) is 6. The fourth-order valence-electron chi connectivity index (χ4n) is 3.28. The van der Waals surface area contributed by atoms with Gasteiger partial charge in [0.05, 0.1) is 24.9 Å². The second-order valence-electron chi connectivity index (χ2n) is 8.34. The van der Waals surface area contributed by atoms with Crippen LogP contribution in [0, 0.1) is 18.8 Å². The van der Waals surface area contributed by atoms with Gasteiger partial charge in [-0.3, -0.25) is 24.6 Å². The van der Waals surface area contributed by atoms with E-state index in [0.717, 1.165) is 5.52 Å². The fourth-order valence-corrected chi connectivity index (χ4v) is 3.28. The molecule has 0 bridgehead atoms. The molecule has 1 atom stereocenters. The van der Waals surface area contributed by atoms with Gasteiger partial charge in [0.25, 0.3) is 0 Å². The molecule has 0 aliphatic heterocycles. The molecular formula is C25H32N4O5. The highest BCUT2D eigenvalue weighted by Gasteiger charge is 2.23. The van der Waals surface area contributed by atoms with E-state index in [2.05, 4.69) is 34.7 Å². The lowest BCUT2D eigenvalue weighted by Crippen LogP contribution is -2.40. The number of hydroxylamine groups is 1. The lowest BCUT2D eigenvalue weighted by molar-refractivity contribution is -0.135. The minimum absolute atomic E-state index is 0.130. The number of carbonyl (C=O) groups is 3. The highest BCUT2D eigenvalue weighted by molar-refractivity contribution is 5.88. The van der Waals surface area contributed by atoms with Gasteiger partial charge in [-0.15, -0.1) is 0 Å². The number of nitrogens with one attached hydrogen (secondary N) is 3. The molecule has 2 heterocycles. The average molecular weight is 469 g/mol. The van der Waals surface area contributed by atoms with Gasteiger partial charge in [-0.25, -0.2) is 5.48 Å². The van der Waals surface area contributed by atoms with Crippen LogP contribution in [0.2, 0.25) is 0 Å². The van der Waals surface area contributed by atoms with Crippen molar-refractivity contribution >= 4 is 28.6 Å². The number of hydrogen-bond donors (Lipinski definition) is 4. The Kier molecular flexibility index (Phi) is 10.7. The third-order valence-corrected chi connectivity index (χ3v) is 4.87. The van der Waals surface area contributed by atoms with E-state index in [0.29, 0.717) is 12.2 Å². The van der Waals surface area contributed by atoms with E-state index < -0.39 is 17.7 Å². The topological polar surface area (TPSA) is 134 Å². The maximum absolute atomic E-state index is 12.1. The number of rotatable bonds is 9. The zero-order chi connectivity index (χ0) is 24.9. The number of para-hydroxylation sites is 1. The third kappa shape index (κ3) is 9.41. The molecule has 0 spiro atoms. The standard InChI is InChI=1S/C15H23N3O5.C10H9N/c1-10(2)6-11(7-13(19)18-22)15(21)17-9-14(20)16-8-12-4-3-5-23-12;1-8-6-9-4-2-3-5-10(9)11-7-8/h3-5,10-11,22H,6-9H2,1-2H3,(H,16,20)(H,17,21)(H,18,19);2-7H,1H3. The Balaban J connectivity index is 0.000000305. The van der Waals surface area contributed by atoms with Crippen LogP contribution in [-0.2, 0) is 20.9 Å². The van der Waals surface area contributed by atoms with Crippen molar-refractivity contribution in [3.63, 3.8) is 0 Å². The van der Waals surface area contributed by atoms with Gasteiger partial charge in [-0.05, 0) is 49.1 Å². The van der Waals surface area contributed by atoms with E-state index in [1.807, 2.05) is 38.2 Å². The van der Waals surface area contributed by atoms with E-state index in [1.165, 1.54) is 22.7 Å². The molecule has 0 saturated heterocycles. The SMILES string of the molecule is CC(C)CC(CC(=O)NO)C(=O)NCC(=O)NCc1ccco1.Cc1cnc2ccccc2c1. The fraction of sp³-hybridized carbons (Fsp3) is 0.360. The van der Waals surface area contributed by atoms with Crippen LogP contribution >= 0.6 is 0 Å². The first-order valence-corrected chi connectivity index (χ1v) is 11.1. The summed E-state index contributed by atoms with van der Waals surface area (Å²) in [5.41, 5.74) is 3.80. The largest absolute Gasteiger partial charge is 0.467 e. The number of benzene rings is 1. The van der Waals surface area contributed by atoms with E-state index >= 15 is 0 Å². The van der Waals surface area contributed by atoms with E-state index in [9.17, 15) is 14.4 Å². The van der Waals surface area contributed by atoms with Crippen LogP contribution in [0.4, 0.5) is 0 Å². The lowest BCUT2D eigenvalue weighted by atomic mass is 9.93. The molecule has 9 heteroatoms. The number of fused-ring (bicyclic) bond motifs is 1. The molecule has 3 amide bonds. The number of aryl methyl sites for hydroxylation is 1. The zero-order valence-corrected chi connectivity index (χ0v) is 19.7. The Bertz CT molecular complexity index is 1070. The highest BCUT2D eigenvalue weighted by Crippen LogP contribution is 2.15. The van der Waals surface area contributed by atoms with Crippen molar-refractivity contribution in [1.29, 1.82) is 0 Å². The molecule has 0 fully saturated rings. The molecule has 0 radical (unpaired) electrons. The Labute approximate surface area is 198 Å². The van der Waals surface area contributed by atoms with Gasteiger partial charge in [0.2, 0.25) is 17.7 Å². The summed E-state index contributed by atoms with van der Waals surface area (Å²) in [5, 5.41) is 14.9. The quantitative estimate of drug-likeness (QED) is 0.282. The minimum Gasteiger partial charge on any atom is -0.467 e. The number of furan rings is 1. The zero-order valence-electron chi connectivity index (χ0n) is 19.7. The molecule has 3 rings (SSSR count). The molecule has 1 aromatic carbocycles. The second kappa shape index (κ2) is 13.7. The van der Waals surface area contributed by atoms with Gasteiger partial charge in [-0.1, -0.05) is 32.0 Å². The number of nitrogens with zero attached hydrogens (tertiary/aromatic N) is 1. The monoisotopic (exact) mass is 468 g/mol. The first kappa shape index (κ1) is 26.5. The predicted octanol–water partition coefficient (Wildman–Crippen LogP) is 3.11. The summed E-state index contributed by atoms with van der Waals surface area (Å²) in [5.74, 6) is -1.17. The van der Waals surface area contributed by atoms with Crippen molar-refractivity contribution in [1.82, 2.24) is 21.1 Å². The maximum Gasteiger partial charge on any atom is 0.244 e.